The highest BCUT2D eigenvalue weighted by Gasteiger charge is 2.19. The Hall–Kier alpha value is -2.35. The van der Waals surface area contributed by atoms with E-state index in [2.05, 4.69) is 4.98 Å². The first-order valence-corrected chi connectivity index (χ1v) is 9.58. The lowest BCUT2D eigenvalue weighted by Crippen LogP contribution is -2.17. The second-order valence-electron chi connectivity index (χ2n) is 6.09. The highest BCUT2D eigenvalue weighted by Crippen LogP contribution is 2.34. The fourth-order valence-electron chi connectivity index (χ4n) is 2.91. The predicted octanol–water partition coefficient (Wildman–Crippen LogP) is 4.71. The molecule has 1 aromatic heterocycles. The Labute approximate surface area is 159 Å². The first-order valence-electron chi connectivity index (χ1n) is 8.76. The van der Waals surface area contributed by atoms with E-state index in [1.807, 2.05) is 0 Å². The summed E-state index contributed by atoms with van der Waals surface area (Å²) in [4.78, 5) is 16.4. The van der Waals surface area contributed by atoms with E-state index < -0.39 is 6.29 Å². The molecule has 0 aliphatic carbocycles. The summed E-state index contributed by atoms with van der Waals surface area (Å²) in [7, 11) is 0. The monoisotopic (exact) mass is 387 g/mol. The number of nitrogens with zero attached hydrogens (tertiary/aromatic N) is 1. The van der Waals surface area contributed by atoms with Crippen molar-refractivity contribution in [3.8, 4) is 10.6 Å². The minimum Gasteiger partial charge on any atom is -0.462 e. The lowest BCUT2D eigenvalue weighted by molar-refractivity contribution is -0.183. The third kappa shape index (κ3) is 3.71. The van der Waals surface area contributed by atoms with Crippen molar-refractivity contribution in [3.63, 3.8) is 0 Å². The van der Waals surface area contributed by atoms with Gasteiger partial charge in [-0.05, 0) is 43.7 Å². The van der Waals surface area contributed by atoms with Crippen molar-refractivity contribution in [1.82, 2.24) is 4.98 Å². The molecule has 2 heterocycles. The number of carbonyl (C=O) groups is 1. The van der Waals surface area contributed by atoms with Crippen molar-refractivity contribution in [1.29, 1.82) is 0 Å². The van der Waals surface area contributed by atoms with Gasteiger partial charge >= 0.3 is 5.97 Å². The number of hydrogen-bond donors (Lipinski definition) is 0. The van der Waals surface area contributed by atoms with Gasteiger partial charge in [-0.1, -0.05) is 6.07 Å². The number of esters is 1. The molecule has 0 atom stereocenters. The van der Waals surface area contributed by atoms with Crippen LogP contribution < -0.4 is 0 Å². The van der Waals surface area contributed by atoms with E-state index in [-0.39, 0.29) is 11.8 Å². The largest absolute Gasteiger partial charge is 0.462 e. The number of rotatable bonds is 4. The Balaban J connectivity index is 1.64. The van der Waals surface area contributed by atoms with E-state index in [1.165, 1.54) is 17.4 Å². The van der Waals surface area contributed by atoms with E-state index in [4.69, 9.17) is 14.2 Å². The molecule has 0 unspecified atom stereocenters. The van der Waals surface area contributed by atoms with Gasteiger partial charge < -0.3 is 14.2 Å². The molecule has 3 aromatic rings. The number of carbonyl (C=O) groups excluding carboxylic acids is 1. The molecule has 4 rings (SSSR count). The summed E-state index contributed by atoms with van der Waals surface area (Å²) in [5.41, 5.74) is 2.24. The first kappa shape index (κ1) is 18.0. The molecule has 1 aliphatic rings. The van der Waals surface area contributed by atoms with Crippen molar-refractivity contribution in [2.24, 2.45) is 0 Å². The van der Waals surface area contributed by atoms with Gasteiger partial charge in [0.1, 0.15) is 10.8 Å². The second kappa shape index (κ2) is 7.72. The van der Waals surface area contributed by atoms with Crippen molar-refractivity contribution >= 4 is 27.5 Å². The Morgan fingerprint density at radius 3 is 2.81 bits per heavy atom. The summed E-state index contributed by atoms with van der Waals surface area (Å²) >= 11 is 1.33. The van der Waals surface area contributed by atoms with Crippen molar-refractivity contribution in [2.45, 2.75) is 19.6 Å². The molecular weight excluding hydrogens is 369 g/mol. The van der Waals surface area contributed by atoms with Crippen LogP contribution in [0.3, 0.4) is 0 Å². The average Bonchev–Trinajstić information content (AvgIpc) is 3.11. The molecule has 0 bridgehead atoms. The van der Waals surface area contributed by atoms with E-state index in [0.717, 1.165) is 11.1 Å². The summed E-state index contributed by atoms with van der Waals surface area (Å²) in [6.45, 7) is 3.29. The van der Waals surface area contributed by atoms with Crippen LogP contribution in [-0.2, 0) is 14.2 Å². The maximum atomic E-state index is 14.7. The zero-order valence-corrected chi connectivity index (χ0v) is 15.6. The van der Waals surface area contributed by atoms with Crippen LogP contribution in [0.1, 0.15) is 35.6 Å². The molecule has 5 nitrogen and oxygen atoms in total. The van der Waals surface area contributed by atoms with E-state index in [0.29, 0.717) is 47.0 Å². The fraction of sp³-hybridized carbons (Fsp3) is 0.300. The van der Waals surface area contributed by atoms with Crippen LogP contribution >= 0.6 is 11.3 Å². The molecule has 0 N–H and O–H groups in total. The average molecular weight is 387 g/mol. The van der Waals surface area contributed by atoms with Crippen molar-refractivity contribution < 1.29 is 23.4 Å². The van der Waals surface area contributed by atoms with E-state index in [1.54, 1.807) is 37.3 Å². The molecule has 0 saturated carbocycles. The van der Waals surface area contributed by atoms with Gasteiger partial charge in [-0.2, -0.15) is 0 Å². The topological polar surface area (TPSA) is 57.7 Å². The van der Waals surface area contributed by atoms with Gasteiger partial charge in [-0.3, -0.25) is 0 Å². The molecule has 7 heteroatoms. The zero-order chi connectivity index (χ0) is 18.8. The van der Waals surface area contributed by atoms with Gasteiger partial charge in [-0.25, -0.2) is 14.2 Å². The summed E-state index contributed by atoms with van der Waals surface area (Å²) in [6, 6.07) is 10.1. The Kier molecular flexibility index (Phi) is 5.15. The molecular formula is C20H18FNO4S. The lowest BCUT2D eigenvalue weighted by atomic mass is 10.1. The molecule has 140 valence electrons. The van der Waals surface area contributed by atoms with Crippen LogP contribution in [0.2, 0.25) is 0 Å². The van der Waals surface area contributed by atoms with Crippen molar-refractivity contribution in [2.75, 3.05) is 19.8 Å². The zero-order valence-electron chi connectivity index (χ0n) is 14.7. The minimum absolute atomic E-state index is 0.316. The third-order valence-electron chi connectivity index (χ3n) is 4.22. The Bertz CT molecular complexity index is 981. The predicted molar refractivity (Wildman–Crippen MR) is 100 cm³/mol. The van der Waals surface area contributed by atoms with Crippen LogP contribution in [0.15, 0.2) is 36.4 Å². The van der Waals surface area contributed by atoms with Gasteiger partial charge in [0.05, 0.1) is 35.6 Å². The van der Waals surface area contributed by atoms with Crippen LogP contribution in [0, 0.1) is 5.82 Å². The number of benzene rings is 2. The minimum atomic E-state index is -0.523. The maximum absolute atomic E-state index is 14.7. The number of hydrogen-bond acceptors (Lipinski definition) is 6. The summed E-state index contributed by atoms with van der Waals surface area (Å²) < 4.78 is 31.6. The third-order valence-corrected chi connectivity index (χ3v) is 5.27. The Morgan fingerprint density at radius 2 is 2.07 bits per heavy atom. The van der Waals surface area contributed by atoms with Gasteiger partial charge in [0.25, 0.3) is 0 Å². The maximum Gasteiger partial charge on any atom is 0.338 e. The molecule has 0 radical (unpaired) electrons. The fourth-order valence-corrected chi connectivity index (χ4v) is 3.94. The molecule has 0 amide bonds. The SMILES string of the molecule is CCOC(=O)c1ccc2nc(-c3ccc(C4OCCCO4)cc3F)sc2c1. The highest BCUT2D eigenvalue weighted by atomic mass is 32.1. The van der Waals surface area contributed by atoms with E-state index in [9.17, 15) is 9.18 Å². The number of aromatic nitrogens is 1. The van der Waals surface area contributed by atoms with Crippen LogP contribution in [-0.4, -0.2) is 30.8 Å². The van der Waals surface area contributed by atoms with E-state index >= 15 is 0 Å². The first-order chi connectivity index (χ1) is 13.2. The van der Waals surface area contributed by atoms with Gasteiger partial charge in [0, 0.05) is 11.1 Å². The number of fused-ring (bicyclic) bond motifs is 1. The standard InChI is InChI=1S/C20H18FNO4S/c1-2-24-19(23)12-5-7-16-17(11-12)27-18(22-16)14-6-4-13(10-15(14)21)20-25-8-3-9-26-20/h4-7,10-11,20H,2-3,8-9H2,1H3. The summed E-state index contributed by atoms with van der Waals surface area (Å²) in [5.74, 6) is -0.757. The molecule has 1 saturated heterocycles. The number of halogens is 1. The van der Waals surface area contributed by atoms with Gasteiger partial charge in [0.2, 0.25) is 0 Å². The van der Waals surface area contributed by atoms with Gasteiger partial charge in [0.15, 0.2) is 6.29 Å². The highest BCUT2D eigenvalue weighted by molar-refractivity contribution is 7.21. The molecule has 27 heavy (non-hydrogen) atoms. The Morgan fingerprint density at radius 1 is 1.26 bits per heavy atom. The van der Waals surface area contributed by atoms with Crippen LogP contribution in [0.25, 0.3) is 20.8 Å². The quantitative estimate of drug-likeness (QED) is 0.607. The van der Waals surface area contributed by atoms with Gasteiger partial charge in [-0.15, -0.1) is 11.3 Å². The summed E-state index contributed by atoms with van der Waals surface area (Å²) in [6.07, 6.45) is 0.320. The van der Waals surface area contributed by atoms with Crippen LogP contribution in [0.4, 0.5) is 4.39 Å². The van der Waals surface area contributed by atoms with Crippen molar-refractivity contribution in [3.05, 3.63) is 53.3 Å². The smallest absolute Gasteiger partial charge is 0.338 e. The number of thiazole rings is 1. The number of ether oxygens (including phenoxy) is 3. The normalized spacial score (nSPS) is 15.2. The van der Waals surface area contributed by atoms with Crippen LogP contribution in [0.5, 0.6) is 0 Å². The molecule has 1 aliphatic heterocycles. The lowest BCUT2D eigenvalue weighted by Gasteiger charge is -2.23. The molecule has 0 spiro atoms. The second-order valence-corrected chi connectivity index (χ2v) is 7.12. The molecule has 2 aromatic carbocycles. The molecule has 1 fully saturated rings. The summed E-state index contributed by atoms with van der Waals surface area (Å²) in [5, 5.41) is 0.556.